The van der Waals surface area contributed by atoms with Gasteiger partial charge in [0, 0.05) is 5.41 Å². The van der Waals surface area contributed by atoms with E-state index < -0.39 is 5.97 Å². The number of carboxylic acid groups (broad SMARTS) is 1. The molecule has 136 valence electrons. The van der Waals surface area contributed by atoms with Crippen LogP contribution in [0.3, 0.4) is 0 Å². The van der Waals surface area contributed by atoms with Crippen molar-refractivity contribution in [1.82, 2.24) is 0 Å². The van der Waals surface area contributed by atoms with Gasteiger partial charge in [0.25, 0.3) is 0 Å². The molecule has 0 amide bonds. The van der Waals surface area contributed by atoms with Gasteiger partial charge in [0.2, 0.25) is 0 Å². The van der Waals surface area contributed by atoms with Crippen molar-refractivity contribution >= 4 is 5.97 Å². The molecule has 26 heavy (non-hydrogen) atoms. The van der Waals surface area contributed by atoms with Crippen LogP contribution in [-0.4, -0.2) is 11.1 Å². The molecule has 1 N–H and O–H groups in total. The standard InChI is InChI=1S/C24H28O2/c1-22(2)10-11-23(3,4)20-15-18(8-9-19(20)22)24(12-13-24)17-7-5-6-16(14-17)21(25)26/h5-9,14-15H,10-13H2,1-4H3,(H,25,26). The van der Waals surface area contributed by atoms with E-state index in [2.05, 4.69) is 52.0 Å². The van der Waals surface area contributed by atoms with Crippen LogP contribution < -0.4 is 0 Å². The summed E-state index contributed by atoms with van der Waals surface area (Å²) in [7, 11) is 0. The maximum Gasteiger partial charge on any atom is 0.335 e. The first-order chi connectivity index (χ1) is 12.2. The summed E-state index contributed by atoms with van der Waals surface area (Å²) >= 11 is 0. The molecule has 1 fully saturated rings. The first kappa shape index (κ1) is 17.3. The molecule has 0 radical (unpaired) electrons. The molecule has 0 saturated heterocycles. The summed E-state index contributed by atoms with van der Waals surface area (Å²) in [6.07, 6.45) is 4.62. The van der Waals surface area contributed by atoms with E-state index in [1.54, 1.807) is 6.07 Å². The Morgan fingerprint density at radius 2 is 1.42 bits per heavy atom. The molecule has 0 aromatic heterocycles. The van der Waals surface area contributed by atoms with Crippen LogP contribution in [0.25, 0.3) is 0 Å². The Labute approximate surface area is 156 Å². The summed E-state index contributed by atoms with van der Waals surface area (Å²) in [5.41, 5.74) is 6.25. The van der Waals surface area contributed by atoms with Crippen molar-refractivity contribution in [1.29, 1.82) is 0 Å². The van der Waals surface area contributed by atoms with Crippen LogP contribution in [0.2, 0.25) is 0 Å². The Bertz CT molecular complexity index is 885. The van der Waals surface area contributed by atoms with Gasteiger partial charge in [-0.2, -0.15) is 0 Å². The molecule has 1 saturated carbocycles. The minimum atomic E-state index is -0.851. The molecular formula is C24H28O2. The van der Waals surface area contributed by atoms with E-state index in [4.69, 9.17) is 0 Å². The maximum absolute atomic E-state index is 11.4. The van der Waals surface area contributed by atoms with Crippen molar-refractivity contribution < 1.29 is 9.90 Å². The molecule has 2 heteroatoms. The lowest BCUT2D eigenvalue weighted by Gasteiger charge is -2.42. The summed E-state index contributed by atoms with van der Waals surface area (Å²) in [5, 5.41) is 9.35. The van der Waals surface area contributed by atoms with Crippen LogP contribution in [-0.2, 0) is 16.2 Å². The van der Waals surface area contributed by atoms with Gasteiger partial charge in [0.15, 0.2) is 0 Å². The van der Waals surface area contributed by atoms with Crippen molar-refractivity contribution in [3.8, 4) is 0 Å². The summed E-state index contributed by atoms with van der Waals surface area (Å²) in [6, 6.07) is 14.6. The van der Waals surface area contributed by atoms with Gasteiger partial charge in [-0.05, 0) is 70.9 Å². The van der Waals surface area contributed by atoms with Crippen LogP contribution in [0, 0.1) is 0 Å². The first-order valence-electron chi connectivity index (χ1n) is 9.65. The molecule has 4 rings (SSSR count). The molecule has 2 nitrogen and oxygen atoms in total. The highest BCUT2D eigenvalue weighted by Crippen LogP contribution is 2.55. The van der Waals surface area contributed by atoms with E-state index in [9.17, 15) is 9.90 Å². The molecular weight excluding hydrogens is 320 g/mol. The Balaban J connectivity index is 1.82. The third-order valence-corrected chi connectivity index (χ3v) is 6.82. The molecule has 2 aromatic rings. The SMILES string of the molecule is CC1(C)CCC(C)(C)c2cc(C3(c4cccc(C(=O)O)c4)CC3)ccc21. The summed E-state index contributed by atoms with van der Waals surface area (Å²) < 4.78 is 0. The van der Waals surface area contributed by atoms with E-state index >= 15 is 0 Å². The number of rotatable bonds is 3. The number of benzene rings is 2. The lowest BCUT2D eigenvalue weighted by atomic mass is 9.62. The van der Waals surface area contributed by atoms with Gasteiger partial charge in [0.1, 0.15) is 0 Å². The van der Waals surface area contributed by atoms with Gasteiger partial charge in [-0.3, -0.25) is 0 Å². The molecule has 2 aromatic carbocycles. The van der Waals surface area contributed by atoms with Crippen molar-refractivity contribution in [2.75, 3.05) is 0 Å². The topological polar surface area (TPSA) is 37.3 Å². The van der Waals surface area contributed by atoms with Crippen LogP contribution >= 0.6 is 0 Å². The number of fused-ring (bicyclic) bond motifs is 1. The van der Waals surface area contributed by atoms with Gasteiger partial charge in [0.05, 0.1) is 5.56 Å². The second-order valence-corrected chi connectivity index (χ2v) is 9.50. The lowest BCUT2D eigenvalue weighted by Crippen LogP contribution is -2.34. The Morgan fingerprint density at radius 1 is 0.808 bits per heavy atom. The molecule has 2 aliphatic rings. The predicted octanol–water partition coefficient (Wildman–Crippen LogP) is 5.81. The van der Waals surface area contributed by atoms with Crippen molar-refractivity contribution in [3.05, 3.63) is 70.3 Å². The van der Waals surface area contributed by atoms with Gasteiger partial charge in [-0.1, -0.05) is 58.0 Å². The van der Waals surface area contributed by atoms with E-state index in [0.717, 1.165) is 18.4 Å². The second kappa shape index (κ2) is 5.45. The van der Waals surface area contributed by atoms with E-state index in [1.807, 2.05) is 12.1 Å². The van der Waals surface area contributed by atoms with Gasteiger partial charge in [-0.25, -0.2) is 4.79 Å². The molecule has 2 aliphatic carbocycles. The molecule has 0 unspecified atom stereocenters. The van der Waals surface area contributed by atoms with Gasteiger partial charge < -0.3 is 5.11 Å². The average molecular weight is 348 g/mol. The summed E-state index contributed by atoms with van der Waals surface area (Å²) in [4.78, 5) is 11.4. The van der Waals surface area contributed by atoms with Crippen molar-refractivity contribution in [2.45, 2.75) is 69.6 Å². The molecule has 0 heterocycles. The fraction of sp³-hybridized carbons (Fsp3) is 0.458. The zero-order chi connectivity index (χ0) is 18.7. The highest BCUT2D eigenvalue weighted by molar-refractivity contribution is 5.88. The number of carboxylic acids is 1. The highest BCUT2D eigenvalue weighted by Gasteiger charge is 2.47. The lowest BCUT2D eigenvalue weighted by molar-refractivity contribution is 0.0696. The Kier molecular flexibility index (Phi) is 3.63. The van der Waals surface area contributed by atoms with Gasteiger partial charge in [-0.15, -0.1) is 0 Å². The quantitative estimate of drug-likeness (QED) is 0.759. The number of aromatic carboxylic acids is 1. The number of carbonyl (C=O) groups is 1. The summed E-state index contributed by atoms with van der Waals surface area (Å²) in [5.74, 6) is -0.851. The maximum atomic E-state index is 11.4. The Morgan fingerprint density at radius 3 is 2.04 bits per heavy atom. The normalized spacial score (nSPS) is 21.7. The fourth-order valence-corrected chi connectivity index (χ4v) is 4.71. The van der Waals surface area contributed by atoms with Crippen LogP contribution in [0.1, 0.15) is 86.0 Å². The molecule has 0 spiro atoms. The monoisotopic (exact) mass is 348 g/mol. The van der Waals surface area contributed by atoms with Crippen LogP contribution in [0.5, 0.6) is 0 Å². The third kappa shape index (κ3) is 2.58. The zero-order valence-electron chi connectivity index (χ0n) is 16.2. The zero-order valence-corrected chi connectivity index (χ0v) is 16.2. The Hall–Kier alpha value is -2.09. The van der Waals surface area contributed by atoms with E-state index in [-0.39, 0.29) is 16.2 Å². The number of hydrogen-bond donors (Lipinski definition) is 1. The first-order valence-corrected chi connectivity index (χ1v) is 9.65. The van der Waals surface area contributed by atoms with E-state index in [1.165, 1.54) is 29.5 Å². The summed E-state index contributed by atoms with van der Waals surface area (Å²) in [6.45, 7) is 9.42. The minimum absolute atomic E-state index is 0.00183. The third-order valence-electron chi connectivity index (χ3n) is 6.82. The molecule has 0 bridgehead atoms. The number of hydrogen-bond acceptors (Lipinski definition) is 1. The minimum Gasteiger partial charge on any atom is -0.478 e. The highest BCUT2D eigenvalue weighted by atomic mass is 16.4. The molecule has 0 atom stereocenters. The van der Waals surface area contributed by atoms with Crippen LogP contribution in [0.15, 0.2) is 42.5 Å². The second-order valence-electron chi connectivity index (χ2n) is 9.50. The van der Waals surface area contributed by atoms with Crippen LogP contribution in [0.4, 0.5) is 0 Å². The predicted molar refractivity (Wildman–Crippen MR) is 105 cm³/mol. The fourth-order valence-electron chi connectivity index (χ4n) is 4.71. The largest absolute Gasteiger partial charge is 0.478 e. The average Bonchev–Trinajstić information content (AvgIpc) is 3.41. The van der Waals surface area contributed by atoms with Gasteiger partial charge >= 0.3 is 5.97 Å². The molecule has 0 aliphatic heterocycles. The van der Waals surface area contributed by atoms with Crippen molar-refractivity contribution in [2.24, 2.45) is 0 Å². The van der Waals surface area contributed by atoms with Crippen molar-refractivity contribution in [3.63, 3.8) is 0 Å². The van der Waals surface area contributed by atoms with E-state index in [0.29, 0.717) is 5.56 Å². The smallest absolute Gasteiger partial charge is 0.335 e.